The number of nitrogens with zero attached hydrogens (tertiary/aromatic N) is 3. The monoisotopic (exact) mass is 321 g/mol. The molecule has 0 aliphatic heterocycles. The zero-order valence-electron chi connectivity index (χ0n) is 12.7. The van der Waals surface area contributed by atoms with Gasteiger partial charge in [0.15, 0.2) is 5.82 Å². The van der Waals surface area contributed by atoms with E-state index >= 15 is 0 Å². The number of nitrogens with one attached hydrogen (secondary N) is 2. The fourth-order valence-corrected chi connectivity index (χ4v) is 2.40. The maximum atomic E-state index is 11.9. The highest BCUT2D eigenvalue weighted by molar-refractivity contribution is 6.30. The van der Waals surface area contributed by atoms with Crippen LogP contribution >= 0.6 is 11.6 Å². The first kappa shape index (κ1) is 16.3. The first-order chi connectivity index (χ1) is 10.6. The van der Waals surface area contributed by atoms with E-state index in [9.17, 15) is 4.79 Å². The van der Waals surface area contributed by atoms with Crippen molar-refractivity contribution in [1.82, 2.24) is 25.4 Å². The molecule has 0 saturated carbocycles. The van der Waals surface area contributed by atoms with Gasteiger partial charge in [0.25, 0.3) is 0 Å². The predicted octanol–water partition coefficient (Wildman–Crippen LogP) is 2.38. The molecule has 0 bridgehead atoms. The van der Waals surface area contributed by atoms with Crippen LogP contribution in [-0.4, -0.2) is 26.8 Å². The molecule has 6 nitrogen and oxygen atoms in total. The van der Waals surface area contributed by atoms with E-state index in [2.05, 4.69) is 20.8 Å². The molecule has 0 fully saturated rings. The normalized spacial score (nSPS) is 12.0. The molecule has 0 radical (unpaired) electrons. The lowest BCUT2D eigenvalue weighted by molar-refractivity contribution is 0.237. The summed E-state index contributed by atoms with van der Waals surface area (Å²) in [5, 5.41) is 14.2. The number of hydrogen-bond acceptors (Lipinski definition) is 3. The van der Waals surface area contributed by atoms with Crippen molar-refractivity contribution in [2.75, 3.05) is 0 Å². The topological polar surface area (TPSA) is 71.8 Å². The largest absolute Gasteiger partial charge is 0.335 e. The van der Waals surface area contributed by atoms with E-state index in [0.717, 1.165) is 24.4 Å². The quantitative estimate of drug-likeness (QED) is 0.858. The first-order valence-corrected chi connectivity index (χ1v) is 7.61. The molecule has 22 heavy (non-hydrogen) atoms. The number of carbonyl (C=O) groups is 1. The number of hydrogen-bond donors (Lipinski definition) is 2. The maximum absolute atomic E-state index is 11.9. The highest BCUT2D eigenvalue weighted by Gasteiger charge is 2.09. The van der Waals surface area contributed by atoms with Crippen molar-refractivity contribution < 1.29 is 4.79 Å². The van der Waals surface area contributed by atoms with Crippen LogP contribution in [0.1, 0.15) is 25.2 Å². The van der Waals surface area contributed by atoms with Crippen molar-refractivity contribution in [2.45, 2.75) is 39.4 Å². The van der Waals surface area contributed by atoms with Crippen LogP contribution in [0.25, 0.3) is 0 Å². The minimum atomic E-state index is -0.222. The number of carbonyl (C=O) groups excluding carboxylic acids is 1. The van der Waals surface area contributed by atoms with Gasteiger partial charge < -0.3 is 15.2 Å². The predicted molar refractivity (Wildman–Crippen MR) is 85.7 cm³/mol. The molecule has 1 atom stereocenters. The van der Waals surface area contributed by atoms with E-state index in [4.69, 9.17) is 11.6 Å². The number of halogens is 1. The van der Waals surface area contributed by atoms with Crippen LogP contribution in [0.5, 0.6) is 0 Å². The molecular formula is C15H20ClN5O. The maximum Gasteiger partial charge on any atom is 0.315 e. The number of amides is 2. The highest BCUT2D eigenvalue weighted by Crippen LogP contribution is 2.12. The number of aryl methyl sites for hydroxylation is 1. The van der Waals surface area contributed by atoms with E-state index in [1.807, 2.05) is 42.7 Å². The van der Waals surface area contributed by atoms with Gasteiger partial charge in [0.05, 0.1) is 6.54 Å². The second-order valence-corrected chi connectivity index (χ2v) is 5.53. The molecule has 0 saturated heterocycles. The Bertz CT molecular complexity index is 628. The average Bonchev–Trinajstić information content (AvgIpc) is 2.92. The highest BCUT2D eigenvalue weighted by atomic mass is 35.5. The van der Waals surface area contributed by atoms with Crippen LogP contribution in [0, 0.1) is 0 Å². The zero-order valence-corrected chi connectivity index (χ0v) is 13.5. The molecule has 1 unspecified atom stereocenters. The van der Waals surface area contributed by atoms with E-state index < -0.39 is 0 Å². The number of aromatic nitrogens is 3. The molecule has 1 heterocycles. The van der Waals surface area contributed by atoms with Crippen molar-refractivity contribution in [3.05, 3.63) is 47.0 Å². The number of rotatable bonds is 6. The van der Waals surface area contributed by atoms with Gasteiger partial charge in [-0.15, -0.1) is 10.2 Å². The third-order valence-corrected chi connectivity index (χ3v) is 3.49. The first-order valence-electron chi connectivity index (χ1n) is 7.24. The summed E-state index contributed by atoms with van der Waals surface area (Å²) in [6, 6.07) is 7.41. The second kappa shape index (κ2) is 7.79. The average molecular weight is 322 g/mol. The molecule has 2 N–H and O–H groups in total. The molecule has 2 rings (SSSR count). The van der Waals surface area contributed by atoms with E-state index in [1.54, 1.807) is 6.33 Å². The Labute approximate surface area is 134 Å². The molecule has 7 heteroatoms. The van der Waals surface area contributed by atoms with Crippen LogP contribution < -0.4 is 10.6 Å². The molecule has 2 amide bonds. The Hall–Kier alpha value is -2.08. The van der Waals surface area contributed by atoms with E-state index in [-0.39, 0.29) is 12.1 Å². The number of benzene rings is 1. The Morgan fingerprint density at radius 1 is 1.45 bits per heavy atom. The van der Waals surface area contributed by atoms with Crippen molar-refractivity contribution in [3.8, 4) is 0 Å². The van der Waals surface area contributed by atoms with E-state index in [0.29, 0.717) is 11.6 Å². The molecule has 1 aromatic heterocycles. The Morgan fingerprint density at radius 3 is 3.00 bits per heavy atom. The van der Waals surface area contributed by atoms with Crippen molar-refractivity contribution in [2.24, 2.45) is 0 Å². The van der Waals surface area contributed by atoms with Gasteiger partial charge in [-0.3, -0.25) is 0 Å². The summed E-state index contributed by atoms with van der Waals surface area (Å²) in [6.45, 7) is 5.08. The van der Waals surface area contributed by atoms with Crippen LogP contribution in [0.4, 0.5) is 4.79 Å². The summed E-state index contributed by atoms with van der Waals surface area (Å²) >= 11 is 5.95. The van der Waals surface area contributed by atoms with Gasteiger partial charge >= 0.3 is 6.03 Å². The molecular weight excluding hydrogens is 302 g/mol. The Morgan fingerprint density at radius 2 is 2.27 bits per heavy atom. The van der Waals surface area contributed by atoms with Gasteiger partial charge in [0.1, 0.15) is 6.33 Å². The van der Waals surface area contributed by atoms with E-state index in [1.165, 1.54) is 0 Å². The third-order valence-electron chi connectivity index (χ3n) is 3.25. The molecule has 0 spiro atoms. The van der Waals surface area contributed by atoms with Crippen LogP contribution in [0.3, 0.4) is 0 Å². The standard InChI is InChI=1S/C15H20ClN5O/c1-3-21-10-18-20-14(21)9-17-15(22)19-11(2)7-12-5-4-6-13(16)8-12/h4-6,8,10-11H,3,7,9H2,1-2H3,(H2,17,19,22). The summed E-state index contributed by atoms with van der Waals surface area (Å²) in [7, 11) is 0. The lowest BCUT2D eigenvalue weighted by atomic mass is 10.1. The van der Waals surface area contributed by atoms with Gasteiger partial charge in [-0.25, -0.2) is 4.79 Å². The summed E-state index contributed by atoms with van der Waals surface area (Å²) in [6.07, 6.45) is 2.37. The zero-order chi connectivity index (χ0) is 15.9. The van der Waals surface area contributed by atoms with Gasteiger partial charge in [-0.1, -0.05) is 23.7 Å². The van der Waals surface area contributed by atoms with Gasteiger partial charge in [-0.05, 0) is 38.0 Å². The van der Waals surface area contributed by atoms with Crippen LogP contribution in [0.15, 0.2) is 30.6 Å². The van der Waals surface area contributed by atoms with Crippen molar-refractivity contribution in [1.29, 1.82) is 0 Å². The second-order valence-electron chi connectivity index (χ2n) is 5.10. The van der Waals surface area contributed by atoms with Crippen molar-refractivity contribution >= 4 is 17.6 Å². The van der Waals surface area contributed by atoms with Gasteiger partial charge in [0, 0.05) is 17.6 Å². The summed E-state index contributed by atoms with van der Waals surface area (Å²) in [5.74, 6) is 0.736. The third kappa shape index (κ3) is 4.73. The SMILES string of the molecule is CCn1cnnc1CNC(=O)NC(C)Cc1cccc(Cl)c1. The lowest BCUT2D eigenvalue weighted by Gasteiger charge is -2.15. The minimum absolute atomic E-state index is 0.00233. The summed E-state index contributed by atoms with van der Waals surface area (Å²) in [5.41, 5.74) is 1.09. The molecule has 118 valence electrons. The van der Waals surface area contributed by atoms with Gasteiger partial charge in [0.2, 0.25) is 0 Å². The van der Waals surface area contributed by atoms with Crippen LogP contribution in [0.2, 0.25) is 5.02 Å². The fraction of sp³-hybridized carbons (Fsp3) is 0.400. The van der Waals surface area contributed by atoms with Crippen LogP contribution in [-0.2, 0) is 19.5 Å². The molecule has 0 aliphatic carbocycles. The lowest BCUT2D eigenvalue weighted by Crippen LogP contribution is -2.41. The molecule has 1 aromatic carbocycles. The smallest absolute Gasteiger partial charge is 0.315 e. The van der Waals surface area contributed by atoms with Gasteiger partial charge in [-0.2, -0.15) is 0 Å². The Kier molecular flexibility index (Phi) is 5.77. The fourth-order valence-electron chi connectivity index (χ4n) is 2.18. The minimum Gasteiger partial charge on any atom is -0.335 e. The number of urea groups is 1. The molecule has 2 aromatic rings. The Balaban J connectivity index is 1.79. The van der Waals surface area contributed by atoms with Crippen molar-refractivity contribution in [3.63, 3.8) is 0 Å². The summed E-state index contributed by atoms with van der Waals surface area (Å²) in [4.78, 5) is 11.9. The summed E-state index contributed by atoms with van der Waals surface area (Å²) < 4.78 is 1.88. The molecule has 0 aliphatic rings.